The summed E-state index contributed by atoms with van der Waals surface area (Å²) >= 11 is 0. The molecule has 4 rings (SSSR count). The Labute approximate surface area is 183 Å². The van der Waals surface area contributed by atoms with Gasteiger partial charge in [-0.1, -0.05) is 12.1 Å². The lowest BCUT2D eigenvalue weighted by molar-refractivity contribution is -0.137. The number of piperazine rings is 1. The Balaban J connectivity index is 1.40. The zero-order chi connectivity index (χ0) is 22.9. The maximum atomic E-state index is 12.8. The summed E-state index contributed by atoms with van der Waals surface area (Å²) in [5, 5.41) is 0. The van der Waals surface area contributed by atoms with E-state index in [2.05, 4.69) is 15.0 Å². The Hall–Kier alpha value is -2.99. The fraction of sp³-hybridized carbons (Fsp3) is 0.350. The Morgan fingerprint density at radius 3 is 2.22 bits per heavy atom. The van der Waals surface area contributed by atoms with E-state index >= 15 is 0 Å². The molecule has 12 heteroatoms. The zero-order valence-corrected chi connectivity index (χ0v) is 18.0. The molecule has 170 valence electrons. The summed E-state index contributed by atoms with van der Waals surface area (Å²) in [7, 11) is -3.66. The molecule has 8 nitrogen and oxygen atoms in total. The predicted molar refractivity (Wildman–Crippen MR) is 112 cm³/mol. The summed E-state index contributed by atoms with van der Waals surface area (Å²) in [5.41, 5.74) is -0.487. The molecule has 0 N–H and O–H groups in total. The third-order valence-electron chi connectivity index (χ3n) is 5.30. The van der Waals surface area contributed by atoms with Crippen molar-refractivity contribution in [2.24, 2.45) is 0 Å². The molecule has 0 radical (unpaired) electrons. The molecule has 1 aromatic carbocycles. The molecule has 1 aliphatic heterocycles. The number of aryl methyl sites for hydroxylation is 1. The fourth-order valence-electron chi connectivity index (χ4n) is 3.55. The van der Waals surface area contributed by atoms with Crippen LogP contribution < -0.4 is 4.90 Å². The van der Waals surface area contributed by atoms with E-state index in [-0.39, 0.29) is 18.8 Å². The highest BCUT2D eigenvalue weighted by Gasteiger charge is 2.31. The first kappa shape index (κ1) is 22.2. The fourth-order valence-corrected chi connectivity index (χ4v) is 5.07. The molecule has 1 saturated heterocycles. The highest BCUT2D eigenvalue weighted by molar-refractivity contribution is 7.88. The second-order valence-corrected chi connectivity index (χ2v) is 9.38. The van der Waals surface area contributed by atoms with Crippen molar-refractivity contribution in [3.63, 3.8) is 0 Å². The molecule has 1 aliphatic rings. The van der Waals surface area contributed by atoms with E-state index < -0.39 is 21.8 Å². The second-order valence-electron chi connectivity index (χ2n) is 7.42. The van der Waals surface area contributed by atoms with Crippen molar-refractivity contribution >= 4 is 15.8 Å². The van der Waals surface area contributed by atoms with Gasteiger partial charge in [0.2, 0.25) is 10.0 Å². The van der Waals surface area contributed by atoms with Crippen molar-refractivity contribution in [1.29, 1.82) is 0 Å². The molecule has 0 spiro atoms. The van der Waals surface area contributed by atoms with E-state index in [1.807, 2.05) is 22.5 Å². The van der Waals surface area contributed by atoms with Crippen LogP contribution in [0.4, 0.5) is 19.0 Å². The number of alkyl halides is 3. The number of anilines is 1. The molecule has 0 bridgehead atoms. The van der Waals surface area contributed by atoms with Crippen LogP contribution in [0.5, 0.6) is 0 Å². The van der Waals surface area contributed by atoms with Crippen molar-refractivity contribution < 1.29 is 21.6 Å². The van der Waals surface area contributed by atoms with E-state index in [4.69, 9.17) is 0 Å². The number of nitrogens with zero attached hydrogens (tertiary/aromatic N) is 6. The van der Waals surface area contributed by atoms with E-state index in [0.717, 1.165) is 18.0 Å². The first-order chi connectivity index (χ1) is 15.1. The highest BCUT2D eigenvalue weighted by atomic mass is 32.2. The third kappa shape index (κ3) is 4.75. The minimum atomic E-state index is -4.45. The largest absolute Gasteiger partial charge is 0.416 e. The molecule has 2 aromatic heterocycles. The van der Waals surface area contributed by atoms with Gasteiger partial charge in [0, 0.05) is 44.6 Å². The predicted octanol–water partition coefficient (Wildman–Crippen LogP) is 2.64. The van der Waals surface area contributed by atoms with Gasteiger partial charge in [-0.05, 0) is 24.6 Å². The molecule has 0 atom stereocenters. The average Bonchev–Trinajstić information content (AvgIpc) is 3.19. The standard InChI is InChI=1S/C20H21F3N6O2S/c1-15-24-6-7-29(15)19-12-18(25-14-26-19)27-8-10-28(11-9-27)32(30,31)13-16-2-4-17(5-3-16)20(21,22)23/h2-7,12,14H,8-11,13H2,1H3. The number of benzene rings is 1. The molecule has 0 amide bonds. The maximum absolute atomic E-state index is 12.8. The van der Waals surface area contributed by atoms with Crippen LogP contribution in [0.3, 0.4) is 0 Å². The van der Waals surface area contributed by atoms with Gasteiger partial charge in [0.1, 0.15) is 23.8 Å². The van der Waals surface area contributed by atoms with Gasteiger partial charge in [-0.25, -0.2) is 23.4 Å². The highest BCUT2D eigenvalue weighted by Crippen LogP contribution is 2.29. The van der Waals surface area contributed by atoms with Crippen LogP contribution in [0, 0.1) is 6.92 Å². The zero-order valence-electron chi connectivity index (χ0n) is 17.2. The van der Waals surface area contributed by atoms with Crippen LogP contribution in [-0.4, -0.2) is 58.4 Å². The van der Waals surface area contributed by atoms with Crippen molar-refractivity contribution in [3.8, 4) is 5.82 Å². The number of hydrogen-bond donors (Lipinski definition) is 0. The van der Waals surface area contributed by atoms with Gasteiger partial charge in [0.05, 0.1) is 11.3 Å². The van der Waals surface area contributed by atoms with Crippen LogP contribution in [0.15, 0.2) is 49.1 Å². The van der Waals surface area contributed by atoms with Gasteiger partial charge in [-0.3, -0.25) is 4.57 Å². The summed E-state index contributed by atoms with van der Waals surface area (Å²) in [6.07, 6.45) is 0.480. The minimum absolute atomic E-state index is 0.256. The SMILES string of the molecule is Cc1nccn1-c1cc(N2CCN(S(=O)(=O)Cc3ccc(C(F)(F)F)cc3)CC2)ncn1. The molecule has 3 aromatic rings. The molecule has 0 saturated carbocycles. The monoisotopic (exact) mass is 466 g/mol. The van der Waals surface area contributed by atoms with Crippen LogP contribution >= 0.6 is 0 Å². The normalized spacial score (nSPS) is 15.8. The van der Waals surface area contributed by atoms with Gasteiger partial charge in [-0.15, -0.1) is 0 Å². The van der Waals surface area contributed by atoms with E-state index in [1.54, 1.807) is 12.4 Å². The van der Waals surface area contributed by atoms with E-state index in [1.165, 1.54) is 22.8 Å². The van der Waals surface area contributed by atoms with Crippen LogP contribution in [0.25, 0.3) is 5.82 Å². The molecule has 32 heavy (non-hydrogen) atoms. The number of imidazole rings is 1. The van der Waals surface area contributed by atoms with Gasteiger partial charge in [-0.2, -0.15) is 17.5 Å². The van der Waals surface area contributed by atoms with Gasteiger partial charge < -0.3 is 4.90 Å². The maximum Gasteiger partial charge on any atom is 0.416 e. The summed E-state index contributed by atoms with van der Waals surface area (Å²) < 4.78 is 66.9. The summed E-state index contributed by atoms with van der Waals surface area (Å²) in [6, 6.07) is 6.03. The van der Waals surface area contributed by atoms with Crippen molar-refractivity contribution in [3.05, 3.63) is 66.0 Å². The van der Waals surface area contributed by atoms with Crippen LogP contribution in [0.1, 0.15) is 17.0 Å². The lowest BCUT2D eigenvalue weighted by Gasteiger charge is -2.34. The summed E-state index contributed by atoms with van der Waals surface area (Å²) in [6.45, 7) is 3.25. The lowest BCUT2D eigenvalue weighted by Crippen LogP contribution is -2.49. The molecule has 1 fully saturated rings. The Morgan fingerprint density at radius 1 is 0.969 bits per heavy atom. The first-order valence-electron chi connectivity index (χ1n) is 9.85. The summed E-state index contributed by atoms with van der Waals surface area (Å²) in [4.78, 5) is 14.7. The van der Waals surface area contributed by atoms with Gasteiger partial charge in [0.25, 0.3) is 0 Å². The second kappa shape index (κ2) is 8.51. The molecular weight excluding hydrogens is 445 g/mol. The Kier molecular flexibility index (Phi) is 5.91. The number of halogens is 3. The first-order valence-corrected chi connectivity index (χ1v) is 11.5. The lowest BCUT2D eigenvalue weighted by atomic mass is 10.1. The van der Waals surface area contributed by atoms with Crippen molar-refractivity contribution in [1.82, 2.24) is 23.8 Å². The van der Waals surface area contributed by atoms with E-state index in [0.29, 0.717) is 30.3 Å². The number of aromatic nitrogens is 4. The quantitative estimate of drug-likeness (QED) is 0.575. The topological polar surface area (TPSA) is 84.2 Å². The van der Waals surface area contributed by atoms with E-state index in [9.17, 15) is 21.6 Å². The molecular formula is C20H21F3N6O2S. The van der Waals surface area contributed by atoms with Crippen molar-refractivity contribution in [2.45, 2.75) is 18.9 Å². The third-order valence-corrected chi connectivity index (χ3v) is 7.15. The summed E-state index contributed by atoms with van der Waals surface area (Å²) in [5.74, 6) is 1.79. The Morgan fingerprint density at radius 2 is 1.62 bits per heavy atom. The van der Waals surface area contributed by atoms with Crippen LogP contribution in [-0.2, 0) is 22.0 Å². The van der Waals surface area contributed by atoms with Gasteiger partial charge >= 0.3 is 6.18 Å². The van der Waals surface area contributed by atoms with Crippen molar-refractivity contribution in [2.75, 3.05) is 31.1 Å². The minimum Gasteiger partial charge on any atom is -0.354 e. The van der Waals surface area contributed by atoms with Crippen LogP contribution in [0.2, 0.25) is 0 Å². The molecule has 3 heterocycles. The number of sulfonamides is 1. The molecule has 0 unspecified atom stereocenters. The average molecular weight is 466 g/mol. The molecule has 0 aliphatic carbocycles. The Bertz CT molecular complexity index is 1190. The van der Waals surface area contributed by atoms with Gasteiger partial charge in [0.15, 0.2) is 0 Å². The number of hydrogen-bond acceptors (Lipinski definition) is 6. The number of rotatable bonds is 5. The smallest absolute Gasteiger partial charge is 0.354 e.